The second kappa shape index (κ2) is 5.47. The maximum atomic E-state index is 10.7. The van der Waals surface area contributed by atoms with Crippen LogP contribution in [0.2, 0.25) is 0 Å². The highest BCUT2D eigenvalue weighted by Gasteiger charge is 2.11. The maximum absolute atomic E-state index is 10.7. The van der Waals surface area contributed by atoms with Crippen LogP contribution in [0, 0.1) is 17.0 Å². The molecule has 2 aromatic rings. The molecule has 0 amide bonds. The van der Waals surface area contributed by atoms with Crippen molar-refractivity contribution in [3.8, 4) is 0 Å². The van der Waals surface area contributed by atoms with Gasteiger partial charge in [0.1, 0.15) is 12.7 Å². The molecule has 0 aliphatic carbocycles. The van der Waals surface area contributed by atoms with Crippen molar-refractivity contribution in [1.82, 2.24) is 14.8 Å². The topological polar surface area (TPSA) is 85.9 Å². The lowest BCUT2D eigenvalue weighted by Crippen LogP contribution is -2.22. The first-order chi connectivity index (χ1) is 9.06. The molecule has 0 bridgehead atoms. The van der Waals surface area contributed by atoms with E-state index in [4.69, 9.17) is 0 Å². The van der Waals surface area contributed by atoms with E-state index in [9.17, 15) is 10.1 Å². The van der Waals surface area contributed by atoms with Crippen LogP contribution in [-0.4, -0.2) is 25.7 Å². The van der Waals surface area contributed by atoms with Gasteiger partial charge in [0.2, 0.25) is 0 Å². The summed E-state index contributed by atoms with van der Waals surface area (Å²) >= 11 is 0. The van der Waals surface area contributed by atoms with Gasteiger partial charge in [0.15, 0.2) is 0 Å². The summed E-state index contributed by atoms with van der Waals surface area (Å²) in [4.78, 5) is 14.2. The van der Waals surface area contributed by atoms with Crippen LogP contribution in [0.25, 0.3) is 0 Å². The highest BCUT2D eigenvalue weighted by molar-refractivity contribution is 5.53. The number of anilines is 1. The van der Waals surface area contributed by atoms with Crippen molar-refractivity contribution in [2.45, 2.75) is 26.4 Å². The van der Waals surface area contributed by atoms with Gasteiger partial charge in [0, 0.05) is 23.4 Å². The van der Waals surface area contributed by atoms with Gasteiger partial charge in [-0.15, -0.1) is 0 Å². The van der Waals surface area contributed by atoms with Crippen molar-refractivity contribution >= 4 is 11.4 Å². The minimum Gasteiger partial charge on any atom is -0.381 e. The number of nitro groups is 1. The van der Waals surface area contributed by atoms with Gasteiger partial charge in [-0.05, 0) is 26.0 Å². The lowest BCUT2D eigenvalue weighted by atomic mass is 10.1. The number of hydrogen-bond donors (Lipinski definition) is 1. The Hall–Kier alpha value is -2.44. The number of nitro benzene ring substituents is 1. The first kappa shape index (κ1) is 13.0. The summed E-state index contributed by atoms with van der Waals surface area (Å²) < 4.78 is 1.73. The summed E-state index contributed by atoms with van der Waals surface area (Å²) in [6.45, 7) is 4.42. The number of hydrogen-bond acceptors (Lipinski definition) is 5. The van der Waals surface area contributed by atoms with Crippen molar-refractivity contribution in [3.05, 3.63) is 46.5 Å². The minimum absolute atomic E-state index is 0.134. The molecule has 0 aliphatic heterocycles. The summed E-state index contributed by atoms with van der Waals surface area (Å²) in [6.07, 6.45) is 3.14. The van der Waals surface area contributed by atoms with E-state index in [1.807, 2.05) is 6.92 Å². The fourth-order valence-corrected chi connectivity index (χ4v) is 1.89. The average Bonchev–Trinajstić information content (AvgIpc) is 2.81. The second-order valence-electron chi connectivity index (χ2n) is 4.42. The van der Waals surface area contributed by atoms with Crippen molar-refractivity contribution < 1.29 is 4.92 Å². The summed E-state index contributed by atoms with van der Waals surface area (Å²) in [6, 6.07) is 5.14. The first-order valence-electron chi connectivity index (χ1n) is 5.90. The van der Waals surface area contributed by atoms with Crippen LogP contribution in [0.15, 0.2) is 30.9 Å². The largest absolute Gasteiger partial charge is 0.381 e. The molecule has 1 heterocycles. The molecule has 1 N–H and O–H groups in total. The highest BCUT2D eigenvalue weighted by atomic mass is 16.6. The molecule has 19 heavy (non-hydrogen) atoms. The van der Waals surface area contributed by atoms with Gasteiger partial charge in [-0.2, -0.15) is 5.10 Å². The lowest BCUT2D eigenvalue weighted by Gasteiger charge is -2.15. The molecule has 0 spiro atoms. The normalized spacial score (nSPS) is 12.1. The van der Waals surface area contributed by atoms with E-state index in [1.54, 1.807) is 30.1 Å². The van der Waals surface area contributed by atoms with Crippen LogP contribution in [0.3, 0.4) is 0 Å². The molecule has 7 nitrogen and oxygen atoms in total. The molecule has 1 aromatic carbocycles. The van der Waals surface area contributed by atoms with Crippen molar-refractivity contribution in [2.24, 2.45) is 0 Å². The molecule has 7 heteroatoms. The van der Waals surface area contributed by atoms with Gasteiger partial charge in [0.25, 0.3) is 5.69 Å². The van der Waals surface area contributed by atoms with E-state index in [0.29, 0.717) is 12.1 Å². The van der Waals surface area contributed by atoms with Gasteiger partial charge in [-0.3, -0.25) is 14.8 Å². The van der Waals surface area contributed by atoms with Gasteiger partial charge >= 0.3 is 0 Å². The Bertz CT molecular complexity index is 568. The molecule has 1 atom stereocenters. The number of rotatable bonds is 5. The maximum Gasteiger partial charge on any atom is 0.272 e. The van der Waals surface area contributed by atoms with Gasteiger partial charge in [-0.1, -0.05) is 0 Å². The Morgan fingerprint density at radius 2 is 2.32 bits per heavy atom. The van der Waals surface area contributed by atoms with E-state index in [0.717, 1.165) is 5.69 Å². The minimum atomic E-state index is -0.377. The first-order valence-corrected chi connectivity index (χ1v) is 5.90. The van der Waals surface area contributed by atoms with E-state index in [-0.39, 0.29) is 16.7 Å². The predicted molar refractivity (Wildman–Crippen MR) is 70.9 cm³/mol. The number of aryl methyl sites for hydroxylation is 1. The van der Waals surface area contributed by atoms with Gasteiger partial charge in [0.05, 0.1) is 11.5 Å². The van der Waals surface area contributed by atoms with Crippen LogP contribution in [0.1, 0.15) is 12.5 Å². The zero-order chi connectivity index (χ0) is 13.8. The number of nitrogens with zero attached hydrogens (tertiary/aromatic N) is 4. The second-order valence-corrected chi connectivity index (χ2v) is 4.42. The molecule has 1 aromatic heterocycles. The molecular weight excluding hydrogens is 246 g/mol. The van der Waals surface area contributed by atoms with E-state index >= 15 is 0 Å². The van der Waals surface area contributed by atoms with E-state index in [1.165, 1.54) is 12.4 Å². The number of benzene rings is 1. The molecule has 0 radical (unpaired) electrons. The third kappa shape index (κ3) is 3.27. The Labute approximate surface area is 110 Å². The third-order valence-electron chi connectivity index (χ3n) is 2.73. The van der Waals surface area contributed by atoms with Crippen LogP contribution in [0.5, 0.6) is 0 Å². The standard InChI is InChI=1S/C12H15N5O2/c1-9-5-11(3-4-12(9)17(18)19)15-10(2)6-16-8-13-7-14-16/h3-5,7-8,10,15H,6H2,1-2H3. The Kier molecular flexibility index (Phi) is 3.74. The molecule has 1 unspecified atom stereocenters. The van der Waals surface area contributed by atoms with E-state index < -0.39 is 0 Å². The monoisotopic (exact) mass is 261 g/mol. The SMILES string of the molecule is Cc1cc(NC(C)Cn2cncn2)ccc1[N+](=O)[O-]. The Morgan fingerprint density at radius 1 is 1.53 bits per heavy atom. The average molecular weight is 261 g/mol. The third-order valence-corrected chi connectivity index (χ3v) is 2.73. The quantitative estimate of drug-likeness (QED) is 0.657. The van der Waals surface area contributed by atoms with Crippen molar-refractivity contribution in [3.63, 3.8) is 0 Å². The van der Waals surface area contributed by atoms with Crippen LogP contribution in [-0.2, 0) is 6.54 Å². The summed E-state index contributed by atoms with van der Waals surface area (Å²) in [5, 5.41) is 18.0. The number of nitrogens with one attached hydrogen (secondary N) is 1. The molecule has 0 fully saturated rings. The molecule has 0 saturated carbocycles. The highest BCUT2D eigenvalue weighted by Crippen LogP contribution is 2.22. The zero-order valence-electron chi connectivity index (χ0n) is 10.8. The van der Waals surface area contributed by atoms with Gasteiger partial charge in [-0.25, -0.2) is 4.98 Å². The summed E-state index contributed by atoms with van der Waals surface area (Å²) in [5.41, 5.74) is 1.63. The fraction of sp³-hybridized carbons (Fsp3) is 0.333. The summed E-state index contributed by atoms with van der Waals surface area (Å²) in [5.74, 6) is 0. The molecule has 0 aliphatic rings. The Balaban J connectivity index is 2.03. The number of aromatic nitrogens is 3. The van der Waals surface area contributed by atoms with E-state index in [2.05, 4.69) is 15.4 Å². The van der Waals surface area contributed by atoms with Crippen LogP contribution >= 0.6 is 0 Å². The fourth-order valence-electron chi connectivity index (χ4n) is 1.89. The van der Waals surface area contributed by atoms with Crippen LogP contribution < -0.4 is 5.32 Å². The molecule has 0 saturated heterocycles. The predicted octanol–water partition coefficient (Wildman–Crippen LogP) is 2.00. The lowest BCUT2D eigenvalue weighted by molar-refractivity contribution is -0.385. The van der Waals surface area contributed by atoms with Gasteiger partial charge < -0.3 is 5.32 Å². The molecule has 100 valence electrons. The Morgan fingerprint density at radius 3 is 2.89 bits per heavy atom. The van der Waals surface area contributed by atoms with Crippen molar-refractivity contribution in [2.75, 3.05) is 5.32 Å². The molecule has 2 rings (SSSR count). The smallest absolute Gasteiger partial charge is 0.272 e. The van der Waals surface area contributed by atoms with Crippen LogP contribution in [0.4, 0.5) is 11.4 Å². The van der Waals surface area contributed by atoms with Crippen molar-refractivity contribution in [1.29, 1.82) is 0 Å². The summed E-state index contributed by atoms with van der Waals surface area (Å²) in [7, 11) is 0. The zero-order valence-corrected chi connectivity index (χ0v) is 10.8. The molecular formula is C12H15N5O2.